The number of carbonyl (C=O) groups is 1. The Hall–Kier alpha value is -1.30. The highest BCUT2D eigenvalue weighted by atomic mass is 35.5. The lowest BCUT2D eigenvalue weighted by Crippen LogP contribution is -2.26. The average Bonchev–Trinajstić information content (AvgIpc) is 2.49. The van der Waals surface area contributed by atoms with Gasteiger partial charge in [0.15, 0.2) is 0 Å². The Bertz CT molecular complexity index is 363. The number of hydrogen-bond acceptors (Lipinski definition) is 4. The number of rotatable bonds is 10. The van der Waals surface area contributed by atoms with Crippen LogP contribution < -0.4 is 10.6 Å². The van der Waals surface area contributed by atoms with Crippen LogP contribution >= 0.6 is 12.4 Å². The molecule has 0 saturated heterocycles. The number of amides is 1. The lowest BCUT2D eigenvalue weighted by molar-refractivity contribution is 0.123. The van der Waals surface area contributed by atoms with Crippen LogP contribution in [0.4, 0.5) is 4.79 Å². The Morgan fingerprint density at radius 1 is 1.10 bits per heavy atom. The van der Waals surface area contributed by atoms with Crippen molar-refractivity contribution in [2.75, 3.05) is 33.4 Å². The average molecular weight is 317 g/mol. The van der Waals surface area contributed by atoms with Crippen molar-refractivity contribution in [3.05, 3.63) is 35.9 Å². The molecule has 5 nitrogen and oxygen atoms in total. The number of nitrogens with one attached hydrogen (secondary N) is 2. The third kappa shape index (κ3) is 11.1. The summed E-state index contributed by atoms with van der Waals surface area (Å²) in [6.07, 6.45) is 1.41. The molecule has 0 aromatic heterocycles. The van der Waals surface area contributed by atoms with Gasteiger partial charge in [-0.2, -0.15) is 0 Å². The van der Waals surface area contributed by atoms with Crippen molar-refractivity contribution in [3.8, 4) is 0 Å². The Labute approximate surface area is 132 Å². The molecule has 0 aliphatic heterocycles. The molecule has 0 heterocycles. The molecule has 0 bridgehead atoms. The van der Waals surface area contributed by atoms with Crippen molar-refractivity contribution in [2.24, 2.45) is 0 Å². The van der Waals surface area contributed by atoms with Crippen LogP contribution in [-0.4, -0.2) is 39.4 Å². The highest BCUT2D eigenvalue weighted by Crippen LogP contribution is 2.00. The minimum Gasteiger partial charge on any atom is -0.445 e. The zero-order valence-corrected chi connectivity index (χ0v) is 13.3. The summed E-state index contributed by atoms with van der Waals surface area (Å²) in [6, 6.07) is 9.61. The van der Waals surface area contributed by atoms with E-state index in [1.807, 2.05) is 37.4 Å². The minimum atomic E-state index is -0.385. The first-order valence-electron chi connectivity index (χ1n) is 7.00. The standard InChI is InChI=1S/C15H24N2O3.ClH/c1-16-9-5-11-19-12-6-10-17-15(18)20-13-14-7-3-2-4-8-14;/h2-4,7-8,16H,5-6,9-13H2,1H3,(H,17,18);1H. The first kappa shape index (κ1) is 19.7. The molecule has 2 N–H and O–H groups in total. The Morgan fingerprint density at radius 2 is 1.76 bits per heavy atom. The Kier molecular flexibility index (Phi) is 12.8. The maximum Gasteiger partial charge on any atom is 0.407 e. The van der Waals surface area contributed by atoms with Crippen molar-refractivity contribution in [3.63, 3.8) is 0 Å². The summed E-state index contributed by atoms with van der Waals surface area (Å²) < 4.78 is 10.5. The second-order valence-electron chi connectivity index (χ2n) is 4.41. The predicted octanol–water partition coefficient (Wildman–Crippen LogP) is 2.35. The van der Waals surface area contributed by atoms with Crippen molar-refractivity contribution < 1.29 is 14.3 Å². The molecule has 1 rings (SSSR count). The van der Waals surface area contributed by atoms with Crippen molar-refractivity contribution >= 4 is 18.5 Å². The van der Waals surface area contributed by atoms with E-state index in [0.29, 0.717) is 19.8 Å². The molecule has 6 heteroatoms. The lowest BCUT2D eigenvalue weighted by atomic mass is 10.2. The van der Waals surface area contributed by atoms with Crippen LogP contribution in [0.3, 0.4) is 0 Å². The Balaban J connectivity index is 0.00000400. The monoisotopic (exact) mass is 316 g/mol. The fraction of sp³-hybridized carbons (Fsp3) is 0.533. The quantitative estimate of drug-likeness (QED) is 0.651. The minimum absolute atomic E-state index is 0. The highest BCUT2D eigenvalue weighted by molar-refractivity contribution is 5.85. The molecular weight excluding hydrogens is 292 g/mol. The fourth-order valence-electron chi connectivity index (χ4n) is 1.59. The van der Waals surface area contributed by atoms with Gasteiger partial charge in [0, 0.05) is 19.8 Å². The zero-order valence-electron chi connectivity index (χ0n) is 12.5. The summed E-state index contributed by atoms with van der Waals surface area (Å²) >= 11 is 0. The molecule has 0 atom stereocenters. The molecule has 0 fully saturated rings. The first-order chi connectivity index (χ1) is 9.83. The van der Waals surface area contributed by atoms with Gasteiger partial charge in [-0.1, -0.05) is 30.3 Å². The largest absolute Gasteiger partial charge is 0.445 e. The van der Waals surface area contributed by atoms with Gasteiger partial charge in [0.1, 0.15) is 6.61 Å². The van der Waals surface area contributed by atoms with Gasteiger partial charge in [-0.3, -0.25) is 0 Å². The van der Waals surface area contributed by atoms with Crippen molar-refractivity contribution in [1.29, 1.82) is 0 Å². The third-order valence-corrected chi connectivity index (χ3v) is 2.66. The summed E-state index contributed by atoms with van der Waals surface area (Å²) in [4.78, 5) is 11.4. The van der Waals surface area contributed by atoms with Crippen LogP contribution in [0.2, 0.25) is 0 Å². The molecule has 1 aromatic rings. The molecule has 0 aliphatic rings. The summed E-state index contributed by atoms with van der Waals surface area (Å²) in [7, 11) is 1.92. The zero-order chi connectivity index (χ0) is 14.5. The smallest absolute Gasteiger partial charge is 0.407 e. The first-order valence-corrected chi connectivity index (χ1v) is 7.00. The van der Waals surface area contributed by atoms with E-state index < -0.39 is 0 Å². The lowest BCUT2D eigenvalue weighted by Gasteiger charge is -2.07. The van der Waals surface area contributed by atoms with Crippen LogP contribution in [-0.2, 0) is 16.1 Å². The van der Waals surface area contributed by atoms with Gasteiger partial charge in [0.05, 0.1) is 0 Å². The van der Waals surface area contributed by atoms with E-state index in [2.05, 4.69) is 10.6 Å². The van der Waals surface area contributed by atoms with E-state index in [9.17, 15) is 4.79 Å². The van der Waals surface area contributed by atoms with Gasteiger partial charge in [-0.05, 0) is 32.0 Å². The van der Waals surface area contributed by atoms with Crippen LogP contribution in [0.15, 0.2) is 30.3 Å². The van der Waals surface area contributed by atoms with E-state index >= 15 is 0 Å². The van der Waals surface area contributed by atoms with Crippen LogP contribution in [0.1, 0.15) is 18.4 Å². The summed E-state index contributed by atoms with van der Waals surface area (Å²) in [5, 5.41) is 5.76. The number of ether oxygens (including phenoxy) is 2. The maximum atomic E-state index is 11.4. The summed E-state index contributed by atoms with van der Waals surface area (Å²) in [5.41, 5.74) is 0.982. The number of hydrogen-bond donors (Lipinski definition) is 2. The summed E-state index contributed by atoms with van der Waals surface area (Å²) in [5.74, 6) is 0. The van der Waals surface area contributed by atoms with Crippen LogP contribution in [0.5, 0.6) is 0 Å². The topological polar surface area (TPSA) is 59.6 Å². The predicted molar refractivity (Wildman–Crippen MR) is 85.9 cm³/mol. The molecule has 21 heavy (non-hydrogen) atoms. The number of halogens is 1. The van der Waals surface area contributed by atoms with Gasteiger partial charge >= 0.3 is 6.09 Å². The molecule has 0 radical (unpaired) electrons. The van der Waals surface area contributed by atoms with Gasteiger partial charge in [-0.25, -0.2) is 4.79 Å². The molecule has 120 valence electrons. The van der Waals surface area contributed by atoms with E-state index in [1.165, 1.54) is 0 Å². The maximum absolute atomic E-state index is 11.4. The highest BCUT2D eigenvalue weighted by Gasteiger charge is 2.01. The molecular formula is C15H25ClN2O3. The van der Waals surface area contributed by atoms with Gasteiger partial charge < -0.3 is 20.1 Å². The molecule has 0 spiro atoms. The van der Waals surface area contributed by atoms with E-state index in [0.717, 1.165) is 31.6 Å². The number of carbonyl (C=O) groups excluding carboxylic acids is 1. The number of benzene rings is 1. The normalized spacial score (nSPS) is 9.76. The second kappa shape index (κ2) is 13.7. The van der Waals surface area contributed by atoms with Crippen molar-refractivity contribution in [2.45, 2.75) is 19.4 Å². The van der Waals surface area contributed by atoms with E-state index in [4.69, 9.17) is 9.47 Å². The van der Waals surface area contributed by atoms with Crippen LogP contribution in [0.25, 0.3) is 0 Å². The van der Waals surface area contributed by atoms with E-state index in [-0.39, 0.29) is 18.5 Å². The van der Waals surface area contributed by atoms with Gasteiger partial charge in [0.25, 0.3) is 0 Å². The Morgan fingerprint density at radius 3 is 2.43 bits per heavy atom. The van der Waals surface area contributed by atoms with Crippen LogP contribution in [0, 0.1) is 0 Å². The molecule has 0 aliphatic carbocycles. The second-order valence-corrected chi connectivity index (χ2v) is 4.41. The SMILES string of the molecule is CNCCCOCCCNC(=O)OCc1ccccc1.Cl. The third-order valence-electron chi connectivity index (χ3n) is 2.66. The fourth-order valence-corrected chi connectivity index (χ4v) is 1.59. The molecule has 0 saturated carbocycles. The van der Waals surface area contributed by atoms with E-state index in [1.54, 1.807) is 0 Å². The number of alkyl carbamates (subject to hydrolysis) is 1. The van der Waals surface area contributed by atoms with Gasteiger partial charge in [-0.15, -0.1) is 12.4 Å². The van der Waals surface area contributed by atoms with Gasteiger partial charge in [0.2, 0.25) is 0 Å². The van der Waals surface area contributed by atoms with Crippen molar-refractivity contribution in [1.82, 2.24) is 10.6 Å². The molecule has 0 unspecified atom stereocenters. The molecule has 1 aromatic carbocycles. The molecule has 1 amide bonds. The summed E-state index contributed by atoms with van der Waals surface area (Å²) in [6.45, 7) is 3.23.